The predicted molar refractivity (Wildman–Crippen MR) is 97.2 cm³/mol. The predicted octanol–water partition coefficient (Wildman–Crippen LogP) is 2.89. The fourth-order valence-electron chi connectivity index (χ4n) is 2.09. The van der Waals surface area contributed by atoms with E-state index in [1.54, 1.807) is 11.3 Å². The third kappa shape index (κ3) is 5.78. The lowest BCUT2D eigenvalue weighted by atomic mass is 10.2. The second-order valence-corrected chi connectivity index (χ2v) is 5.71. The lowest BCUT2D eigenvalue weighted by Gasteiger charge is -2.16. The summed E-state index contributed by atoms with van der Waals surface area (Å²) < 4.78 is 0. The van der Waals surface area contributed by atoms with Crippen molar-refractivity contribution in [3.05, 3.63) is 28.2 Å². The minimum atomic E-state index is 0. The summed E-state index contributed by atoms with van der Waals surface area (Å²) >= 11 is 1.75. The molecule has 0 atom stereocenters. The Labute approximate surface area is 142 Å². The van der Waals surface area contributed by atoms with Crippen molar-refractivity contribution in [1.82, 2.24) is 15.6 Å². The van der Waals surface area contributed by atoms with Crippen LogP contribution in [0.25, 0.3) is 0 Å². The van der Waals surface area contributed by atoms with Gasteiger partial charge in [-0.25, -0.2) is 4.98 Å². The monoisotopic (exact) mass is 406 g/mol. The first-order valence-corrected chi connectivity index (χ1v) is 7.69. The Kier molecular flexibility index (Phi) is 8.13. The van der Waals surface area contributed by atoms with Crippen molar-refractivity contribution in [3.8, 4) is 0 Å². The smallest absolute Gasteiger partial charge is 0.191 e. The number of nitrogens with zero attached hydrogens (tertiary/aromatic N) is 2. The van der Waals surface area contributed by atoms with Crippen molar-refractivity contribution in [1.29, 1.82) is 0 Å². The molecule has 0 amide bonds. The summed E-state index contributed by atoms with van der Waals surface area (Å²) in [5.74, 6) is 0.906. The van der Waals surface area contributed by atoms with Crippen molar-refractivity contribution >= 4 is 41.3 Å². The van der Waals surface area contributed by atoms with E-state index in [4.69, 9.17) is 0 Å². The Balaban J connectivity index is 0.00000200. The minimum absolute atomic E-state index is 0. The molecule has 2 rings (SSSR count). The molecule has 0 aliphatic heterocycles. The number of rotatable bonds is 5. The Morgan fingerprint density at radius 3 is 2.80 bits per heavy atom. The number of thiazole rings is 1. The zero-order chi connectivity index (χ0) is 13.5. The Bertz CT molecular complexity index is 448. The summed E-state index contributed by atoms with van der Waals surface area (Å²) in [6, 6.07) is 0.507. The summed E-state index contributed by atoms with van der Waals surface area (Å²) in [7, 11) is 1.82. The zero-order valence-electron chi connectivity index (χ0n) is 12.1. The highest BCUT2D eigenvalue weighted by Gasteiger charge is 2.11. The van der Waals surface area contributed by atoms with Crippen LogP contribution in [0, 0.1) is 6.92 Å². The van der Waals surface area contributed by atoms with Crippen LogP contribution < -0.4 is 10.6 Å². The Morgan fingerprint density at radius 1 is 1.45 bits per heavy atom. The van der Waals surface area contributed by atoms with Gasteiger partial charge >= 0.3 is 0 Å². The van der Waals surface area contributed by atoms with Crippen LogP contribution in [0.2, 0.25) is 0 Å². The maximum absolute atomic E-state index is 4.47. The molecular weight excluding hydrogens is 383 g/mol. The number of nitrogens with one attached hydrogen (secondary N) is 2. The van der Waals surface area contributed by atoms with Crippen LogP contribution in [0.4, 0.5) is 0 Å². The van der Waals surface area contributed by atoms with Crippen molar-refractivity contribution in [2.75, 3.05) is 13.6 Å². The lowest BCUT2D eigenvalue weighted by Crippen LogP contribution is -2.42. The van der Waals surface area contributed by atoms with Crippen LogP contribution in [0.15, 0.2) is 22.5 Å². The fraction of sp³-hybridized carbons (Fsp3) is 0.571. The molecule has 4 nitrogen and oxygen atoms in total. The van der Waals surface area contributed by atoms with E-state index in [0.717, 1.165) is 43.9 Å². The van der Waals surface area contributed by atoms with Gasteiger partial charge in [-0.1, -0.05) is 12.2 Å². The maximum atomic E-state index is 4.47. The highest BCUT2D eigenvalue weighted by Crippen LogP contribution is 2.10. The molecule has 1 aliphatic rings. The average Bonchev–Trinajstić information content (AvgIpc) is 3.05. The standard InChI is InChI=1S/C14H22N4S.HI/c1-11-10-19-13(17-11)8-5-9-16-14(15-2)18-12-6-3-4-7-12;/h3-4,10,12H,5-9H2,1-2H3,(H2,15,16,18);1H. The summed E-state index contributed by atoms with van der Waals surface area (Å²) in [6.45, 7) is 2.97. The van der Waals surface area contributed by atoms with Gasteiger partial charge in [0.05, 0.1) is 5.01 Å². The van der Waals surface area contributed by atoms with Crippen molar-refractivity contribution in [2.24, 2.45) is 4.99 Å². The van der Waals surface area contributed by atoms with Crippen molar-refractivity contribution in [2.45, 2.75) is 38.6 Å². The molecule has 0 bridgehead atoms. The number of hydrogen-bond donors (Lipinski definition) is 2. The first-order valence-electron chi connectivity index (χ1n) is 6.81. The summed E-state index contributed by atoms with van der Waals surface area (Å²) in [4.78, 5) is 8.72. The molecular formula is C14H23IN4S. The topological polar surface area (TPSA) is 49.3 Å². The number of guanidine groups is 1. The third-order valence-corrected chi connectivity index (χ3v) is 4.13. The first-order chi connectivity index (χ1) is 9.28. The van der Waals surface area contributed by atoms with E-state index in [1.165, 1.54) is 5.01 Å². The van der Waals surface area contributed by atoms with Crippen LogP contribution in [0.1, 0.15) is 30.0 Å². The van der Waals surface area contributed by atoms with Crippen LogP contribution in [0.5, 0.6) is 0 Å². The van der Waals surface area contributed by atoms with Crippen molar-refractivity contribution in [3.63, 3.8) is 0 Å². The van der Waals surface area contributed by atoms with Gasteiger partial charge < -0.3 is 10.6 Å². The second kappa shape index (κ2) is 9.33. The van der Waals surface area contributed by atoms with Crippen LogP contribution >= 0.6 is 35.3 Å². The van der Waals surface area contributed by atoms with E-state index in [-0.39, 0.29) is 24.0 Å². The number of hydrogen-bond acceptors (Lipinski definition) is 3. The molecule has 112 valence electrons. The largest absolute Gasteiger partial charge is 0.356 e. The molecule has 2 N–H and O–H groups in total. The summed E-state index contributed by atoms with van der Waals surface area (Å²) in [5, 5.41) is 10.1. The normalized spacial score (nSPS) is 15.2. The van der Waals surface area contributed by atoms with Gasteiger partial charge in [-0.05, 0) is 26.2 Å². The van der Waals surface area contributed by atoms with Crippen LogP contribution in [-0.4, -0.2) is 30.6 Å². The molecule has 0 aromatic carbocycles. The average molecular weight is 406 g/mol. The zero-order valence-corrected chi connectivity index (χ0v) is 15.2. The number of aliphatic imine (C=N–C) groups is 1. The summed E-state index contributed by atoms with van der Waals surface area (Å²) in [6.07, 6.45) is 8.74. The molecule has 1 aromatic heterocycles. The van der Waals surface area contributed by atoms with E-state index in [1.807, 2.05) is 14.0 Å². The van der Waals surface area contributed by atoms with Gasteiger partial charge in [0, 0.05) is 37.1 Å². The number of halogens is 1. The highest BCUT2D eigenvalue weighted by atomic mass is 127. The van der Waals surface area contributed by atoms with E-state index in [9.17, 15) is 0 Å². The van der Waals surface area contributed by atoms with Gasteiger partial charge in [0.2, 0.25) is 0 Å². The number of aryl methyl sites for hydroxylation is 2. The van der Waals surface area contributed by atoms with Crippen LogP contribution in [0.3, 0.4) is 0 Å². The molecule has 0 fully saturated rings. The molecule has 0 spiro atoms. The molecule has 6 heteroatoms. The molecule has 1 aliphatic carbocycles. The van der Waals surface area contributed by atoms with Gasteiger partial charge in [0.15, 0.2) is 5.96 Å². The van der Waals surface area contributed by atoms with E-state index in [0.29, 0.717) is 6.04 Å². The van der Waals surface area contributed by atoms with Gasteiger partial charge in [-0.3, -0.25) is 4.99 Å². The van der Waals surface area contributed by atoms with E-state index < -0.39 is 0 Å². The van der Waals surface area contributed by atoms with E-state index >= 15 is 0 Å². The Hall–Kier alpha value is -0.630. The molecule has 0 unspecified atom stereocenters. The molecule has 0 saturated heterocycles. The molecule has 20 heavy (non-hydrogen) atoms. The first kappa shape index (κ1) is 17.4. The second-order valence-electron chi connectivity index (χ2n) is 4.77. The van der Waals surface area contributed by atoms with E-state index in [2.05, 4.69) is 38.1 Å². The number of aromatic nitrogens is 1. The fourth-order valence-corrected chi connectivity index (χ4v) is 2.91. The lowest BCUT2D eigenvalue weighted by molar-refractivity contribution is 0.628. The van der Waals surface area contributed by atoms with Gasteiger partial charge in [-0.2, -0.15) is 0 Å². The van der Waals surface area contributed by atoms with Crippen molar-refractivity contribution < 1.29 is 0 Å². The minimum Gasteiger partial charge on any atom is -0.356 e. The molecule has 0 saturated carbocycles. The van der Waals surface area contributed by atoms with Gasteiger partial charge in [0.1, 0.15) is 0 Å². The van der Waals surface area contributed by atoms with Crippen LogP contribution in [-0.2, 0) is 6.42 Å². The Morgan fingerprint density at radius 2 is 2.20 bits per heavy atom. The van der Waals surface area contributed by atoms with Gasteiger partial charge in [-0.15, -0.1) is 35.3 Å². The molecule has 1 heterocycles. The molecule has 0 radical (unpaired) electrons. The quantitative estimate of drug-likeness (QED) is 0.260. The highest BCUT2D eigenvalue weighted by molar-refractivity contribution is 14.0. The summed E-state index contributed by atoms with van der Waals surface area (Å²) in [5.41, 5.74) is 1.12. The molecule has 1 aromatic rings. The maximum Gasteiger partial charge on any atom is 0.191 e. The SMILES string of the molecule is CN=C(NCCCc1nc(C)cs1)NC1CC=CC1.I. The van der Waals surface area contributed by atoms with Gasteiger partial charge in [0.25, 0.3) is 0 Å². The third-order valence-electron chi connectivity index (χ3n) is 3.10.